The van der Waals surface area contributed by atoms with Gasteiger partial charge in [0.1, 0.15) is 5.82 Å². The van der Waals surface area contributed by atoms with Crippen LogP contribution >= 0.6 is 0 Å². The third-order valence-electron chi connectivity index (χ3n) is 5.54. The Labute approximate surface area is 164 Å². The number of halogens is 1. The van der Waals surface area contributed by atoms with E-state index in [1.54, 1.807) is 12.1 Å². The van der Waals surface area contributed by atoms with Crippen LogP contribution in [0.3, 0.4) is 0 Å². The number of benzene rings is 2. The van der Waals surface area contributed by atoms with Crippen molar-refractivity contribution < 1.29 is 9.18 Å². The molecule has 1 fully saturated rings. The van der Waals surface area contributed by atoms with E-state index in [0.717, 1.165) is 48.5 Å². The predicted molar refractivity (Wildman–Crippen MR) is 109 cm³/mol. The molecule has 6 heteroatoms. The maximum atomic E-state index is 12.9. The van der Waals surface area contributed by atoms with E-state index in [9.17, 15) is 9.18 Å². The molecule has 1 aromatic heterocycles. The molecule has 28 heavy (non-hydrogen) atoms. The Morgan fingerprint density at radius 3 is 2.57 bits per heavy atom. The van der Waals surface area contributed by atoms with Crippen LogP contribution in [0.25, 0.3) is 11.0 Å². The van der Waals surface area contributed by atoms with E-state index in [1.807, 2.05) is 25.2 Å². The summed E-state index contributed by atoms with van der Waals surface area (Å²) in [5.74, 6) is 0.891. The number of para-hydroxylation sites is 2. The first kappa shape index (κ1) is 18.5. The summed E-state index contributed by atoms with van der Waals surface area (Å²) >= 11 is 0. The first-order valence-electron chi connectivity index (χ1n) is 9.80. The fourth-order valence-electron chi connectivity index (χ4n) is 3.88. The molecule has 0 spiro atoms. The molecule has 0 bridgehead atoms. The molecule has 1 amide bonds. The van der Waals surface area contributed by atoms with Gasteiger partial charge in [-0.15, -0.1) is 0 Å². The molecule has 5 nitrogen and oxygen atoms in total. The highest BCUT2D eigenvalue weighted by Crippen LogP contribution is 2.26. The Balaban J connectivity index is 1.29. The maximum absolute atomic E-state index is 12.9. The minimum Gasteiger partial charge on any atom is -0.356 e. The van der Waals surface area contributed by atoms with Crippen molar-refractivity contribution in [3.05, 3.63) is 59.9 Å². The van der Waals surface area contributed by atoms with E-state index < -0.39 is 0 Å². The van der Waals surface area contributed by atoms with E-state index in [4.69, 9.17) is 4.98 Å². The van der Waals surface area contributed by atoms with Crippen LogP contribution in [0.1, 0.15) is 18.4 Å². The summed E-state index contributed by atoms with van der Waals surface area (Å²) in [7, 11) is 2.04. The van der Waals surface area contributed by atoms with Crippen molar-refractivity contribution in [1.29, 1.82) is 0 Å². The van der Waals surface area contributed by atoms with E-state index in [2.05, 4.69) is 20.9 Å². The zero-order valence-electron chi connectivity index (χ0n) is 16.1. The van der Waals surface area contributed by atoms with Gasteiger partial charge < -0.3 is 14.8 Å². The zero-order valence-corrected chi connectivity index (χ0v) is 16.1. The Bertz CT molecular complexity index is 958. The number of hydrogen-bond acceptors (Lipinski definition) is 3. The molecule has 4 rings (SSSR count). The lowest BCUT2D eigenvalue weighted by Crippen LogP contribution is -2.41. The highest BCUT2D eigenvalue weighted by Gasteiger charge is 2.26. The number of imidazole rings is 1. The van der Waals surface area contributed by atoms with Crippen LogP contribution in [0.4, 0.5) is 10.3 Å². The summed E-state index contributed by atoms with van der Waals surface area (Å²) in [6.45, 7) is 2.23. The molecule has 0 aliphatic carbocycles. The van der Waals surface area contributed by atoms with E-state index in [0.29, 0.717) is 13.0 Å². The summed E-state index contributed by atoms with van der Waals surface area (Å²) in [6.07, 6.45) is 2.36. The van der Waals surface area contributed by atoms with Crippen molar-refractivity contribution in [2.75, 3.05) is 24.5 Å². The molecule has 1 aliphatic heterocycles. The molecule has 1 saturated heterocycles. The normalized spacial score (nSPS) is 15.1. The van der Waals surface area contributed by atoms with Crippen LogP contribution in [0.15, 0.2) is 48.5 Å². The van der Waals surface area contributed by atoms with Gasteiger partial charge in [-0.3, -0.25) is 4.79 Å². The average molecular weight is 380 g/mol. The van der Waals surface area contributed by atoms with Crippen LogP contribution < -0.4 is 10.2 Å². The number of aromatic nitrogens is 2. The number of piperidine rings is 1. The second kappa shape index (κ2) is 8.00. The van der Waals surface area contributed by atoms with Gasteiger partial charge in [0.05, 0.1) is 11.0 Å². The number of carbonyl (C=O) groups is 1. The standard InChI is InChI=1S/C22H25FN4O/c1-26-20-5-3-2-4-19(20)25-22(26)27-14-11-17(12-15-27)21(28)24-13-10-16-6-8-18(23)9-7-16/h2-9,17H,10-15H2,1H3,(H,24,28). The van der Waals surface area contributed by atoms with Crippen molar-refractivity contribution in [3.63, 3.8) is 0 Å². The van der Waals surface area contributed by atoms with Crippen molar-refractivity contribution in [2.24, 2.45) is 13.0 Å². The van der Waals surface area contributed by atoms with Crippen molar-refractivity contribution >= 4 is 22.9 Å². The number of hydrogen-bond donors (Lipinski definition) is 1. The molecule has 146 valence electrons. The molecule has 2 heterocycles. The van der Waals surface area contributed by atoms with Crippen LogP contribution in [0.5, 0.6) is 0 Å². The predicted octanol–water partition coefficient (Wildman–Crippen LogP) is 3.29. The van der Waals surface area contributed by atoms with Crippen LogP contribution in [-0.4, -0.2) is 35.1 Å². The van der Waals surface area contributed by atoms with Gasteiger partial charge in [0.15, 0.2) is 0 Å². The minimum atomic E-state index is -0.236. The van der Waals surface area contributed by atoms with Gasteiger partial charge in [-0.05, 0) is 49.1 Å². The lowest BCUT2D eigenvalue weighted by atomic mass is 9.96. The van der Waals surface area contributed by atoms with Crippen LogP contribution in [0.2, 0.25) is 0 Å². The summed E-state index contributed by atoms with van der Waals surface area (Å²) < 4.78 is 15.1. The summed E-state index contributed by atoms with van der Waals surface area (Å²) in [4.78, 5) is 19.5. The average Bonchev–Trinajstić information content (AvgIpc) is 3.06. The summed E-state index contributed by atoms with van der Waals surface area (Å²) in [6, 6.07) is 14.6. The van der Waals surface area contributed by atoms with Crippen molar-refractivity contribution in [1.82, 2.24) is 14.9 Å². The number of nitrogens with zero attached hydrogens (tertiary/aromatic N) is 3. The fourth-order valence-corrected chi connectivity index (χ4v) is 3.88. The molecule has 3 aromatic rings. The topological polar surface area (TPSA) is 50.2 Å². The maximum Gasteiger partial charge on any atom is 0.223 e. The highest BCUT2D eigenvalue weighted by atomic mass is 19.1. The Kier molecular flexibility index (Phi) is 5.28. The minimum absolute atomic E-state index is 0.0409. The van der Waals surface area contributed by atoms with Crippen LogP contribution in [-0.2, 0) is 18.3 Å². The third kappa shape index (κ3) is 3.86. The van der Waals surface area contributed by atoms with Crippen molar-refractivity contribution in [2.45, 2.75) is 19.3 Å². The van der Waals surface area contributed by atoms with Gasteiger partial charge in [0.2, 0.25) is 11.9 Å². The number of aryl methyl sites for hydroxylation is 1. The quantitative estimate of drug-likeness (QED) is 0.739. The third-order valence-corrected chi connectivity index (χ3v) is 5.54. The SMILES string of the molecule is Cn1c(N2CCC(C(=O)NCCc3ccc(F)cc3)CC2)nc2ccccc21. The summed E-state index contributed by atoms with van der Waals surface area (Å²) in [5, 5.41) is 3.03. The summed E-state index contributed by atoms with van der Waals surface area (Å²) in [5.41, 5.74) is 3.15. The number of carbonyl (C=O) groups excluding carboxylic acids is 1. The zero-order chi connectivity index (χ0) is 19.5. The molecular formula is C22H25FN4O. The molecule has 0 unspecified atom stereocenters. The first-order valence-corrected chi connectivity index (χ1v) is 9.80. The molecule has 2 aromatic carbocycles. The van der Waals surface area contributed by atoms with E-state index in [1.165, 1.54) is 12.1 Å². The molecule has 0 saturated carbocycles. The monoisotopic (exact) mass is 380 g/mol. The first-order chi connectivity index (χ1) is 13.6. The Morgan fingerprint density at radius 2 is 1.86 bits per heavy atom. The van der Waals surface area contributed by atoms with Gasteiger partial charge in [-0.1, -0.05) is 24.3 Å². The largest absolute Gasteiger partial charge is 0.356 e. The molecule has 1 aliphatic rings. The second-order valence-electron chi connectivity index (χ2n) is 7.39. The van der Waals surface area contributed by atoms with E-state index in [-0.39, 0.29) is 17.6 Å². The fraction of sp³-hybridized carbons (Fsp3) is 0.364. The number of fused-ring (bicyclic) bond motifs is 1. The second-order valence-corrected chi connectivity index (χ2v) is 7.39. The van der Waals surface area contributed by atoms with E-state index >= 15 is 0 Å². The van der Waals surface area contributed by atoms with Crippen LogP contribution in [0, 0.1) is 11.7 Å². The lowest BCUT2D eigenvalue weighted by molar-refractivity contribution is -0.125. The van der Waals surface area contributed by atoms with Gasteiger partial charge in [-0.25, -0.2) is 9.37 Å². The number of anilines is 1. The molecule has 0 atom stereocenters. The highest BCUT2D eigenvalue weighted by molar-refractivity contribution is 5.80. The molecule has 1 N–H and O–H groups in total. The van der Waals surface area contributed by atoms with Crippen molar-refractivity contribution in [3.8, 4) is 0 Å². The Hall–Kier alpha value is -2.89. The van der Waals surface area contributed by atoms with Gasteiger partial charge >= 0.3 is 0 Å². The van der Waals surface area contributed by atoms with Gasteiger partial charge in [0.25, 0.3) is 0 Å². The number of amides is 1. The van der Waals surface area contributed by atoms with Gasteiger partial charge in [-0.2, -0.15) is 0 Å². The number of nitrogens with one attached hydrogen (secondary N) is 1. The Morgan fingerprint density at radius 1 is 1.14 bits per heavy atom. The smallest absolute Gasteiger partial charge is 0.223 e. The lowest BCUT2D eigenvalue weighted by Gasteiger charge is -2.32. The van der Waals surface area contributed by atoms with Gasteiger partial charge in [0, 0.05) is 32.6 Å². The molecule has 0 radical (unpaired) electrons. The molecular weight excluding hydrogens is 355 g/mol. The number of rotatable bonds is 5.